The van der Waals surface area contributed by atoms with Crippen molar-refractivity contribution in [1.82, 2.24) is 10.6 Å². The third-order valence-electron chi connectivity index (χ3n) is 3.65. The number of urea groups is 1. The predicted molar refractivity (Wildman–Crippen MR) is 72.0 cm³/mol. The molecule has 116 valence electrons. The van der Waals surface area contributed by atoms with Crippen molar-refractivity contribution >= 4 is 17.6 Å². The van der Waals surface area contributed by atoms with Gasteiger partial charge in [0.05, 0.1) is 29.4 Å². The van der Waals surface area contributed by atoms with Crippen molar-refractivity contribution in [2.24, 2.45) is 0 Å². The van der Waals surface area contributed by atoms with E-state index in [-0.39, 0.29) is 12.2 Å². The van der Waals surface area contributed by atoms with Crippen molar-refractivity contribution < 1.29 is 22.8 Å². The van der Waals surface area contributed by atoms with Gasteiger partial charge in [0.2, 0.25) is 0 Å². The molecule has 0 bridgehead atoms. The molecule has 22 heavy (non-hydrogen) atoms. The highest BCUT2D eigenvalue weighted by Crippen LogP contribution is 2.34. The molecule has 3 amide bonds. The van der Waals surface area contributed by atoms with E-state index in [9.17, 15) is 22.8 Å². The van der Waals surface area contributed by atoms with Crippen molar-refractivity contribution in [3.8, 4) is 0 Å². The summed E-state index contributed by atoms with van der Waals surface area (Å²) in [7, 11) is 0. The summed E-state index contributed by atoms with van der Waals surface area (Å²) in [5, 5.41) is 5.08. The monoisotopic (exact) mass is 311 g/mol. The molecule has 2 N–H and O–H groups in total. The lowest BCUT2D eigenvalue weighted by atomic mass is 10.1. The zero-order chi connectivity index (χ0) is 16.1. The first-order chi connectivity index (χ1) is 10.3. The molecule has 1 unspecified atom stereocenters. The maximum atomic E-state index is 12.8. The van der Waals surface area contributed by atoms with E-state index in [1.165, 1.54) is 17.0 Å². The Morgan fingerprint density at radius 3 is 2.68 bits per heavy atom. The van der Waals surface area contributed by atoms with Gasteiger partial charge in [0.1, 0.15) is 0 Å². The number of alkyl halides is 3. The third kappa shape index (κ3) is 2.30. The summed E-state index contributed by atoms with van der Waals surface area (Å²) in [4.78, 5) is 25.1. The van der Waals surface area contributed by atoms with Gasteiger partial charge in [-0.3, -0.25) is 4.79 Å². The Balaban J connectivity index is 1.93. The Morgan fingerprint density at radius 1 is 1.27 bits per heavy atom. The van der Waals surface area contributed by atoms with Crippen LogP contribution in [-0.4, -0.2) is 24.5 Å². The minimum absolute atomic E-state index is 0.0488. The van der Waals surface area contributed by atoms with E-state index in [0.717, 1.165) is 12.1 Å². The molecule has 0 fully saturated rings. The number of carbonyl (C=O) groups excluding carboxylic acids is 2. The second-order valence-corrected chi connectivity index (χ2v) is 5.15. The molecule has 8 heteroatoms. The van der Waals surface area contributed by atoms with Gasteiger partial charge in [-0.25, -0.2) is 4.79 Å². The van der Waals surface area contributed by atoms with Crippen LogP contribution in [-0.2, 0) is 11.0 Å². The Labute approximate surface area is 123 Å². The van der Waals surface area contributed by atoms with Gasteiger partial charge in [-0.15, -0.1) is 0 Å². The molecule has 0 aliphatic carbocycles. The summed E-state index contributed by atoms with van der Waals surface area (Å²) in [5.41, 5.74) is 0.129. The van der Waals surface area contributed by atoms with Crippen LogP contribution in [0.25, 0.3) is 0 Å². The number of halogens is 3. The Morgan fingerprint density at radius 2 is 2.00 bits per heavy atom. The standard InChI is InChI=1S/C14H12F3N3O2/c1-7-11-10(19-13(22)18-7)6-20(12(11)21)9-4-2-3-8(5-9)14(15,16)17/h2-5,7H,6H2,1H3,(H2,18,19,22). The molecule has 0 spiro atoms. The van der Waals surface area contributed by atoms with Crippen molar-refractivity contribution in [3.63, 3.8) is 0 Å². The highest BCUT2D eigenvalue weighted by molar-refractivity contribution is 6.11. The van der Waals surface area contributed by atoms with Crippen LogP contribution in [0.1, 0.15) is 12.5 Å². The second-order valence-electron chi connectivity index (χ2n) is 5.15. The van der Waals surface area contributed by atoms with Gasteiger partial charge in [0, 0.05) is 5.69 Å². The van der Waals surface area contributed by atoms with Crippen LogP contribution in [0.15, 0.2) is 35.5 Å². The van der Waals surface area contributed by atoms with Crippen molar-refractivity contribution in [2.75, 3.05) is 11.4 Å². The van der Waals surface area contributed by atoms with E-state index in [1.807, 2.05) is 0 Å². The number of rotatable bonds is 1. The lowest BCUT2D eigenvalue weighted by Gasteiger charge is -2.21. The summed E-state index contributed by atoms with van der Waals surface area (Å²) in [6.07, 6.45) is -4.48. The zero-order valence-corrected chi connectivity index (χ0v) is 11.5. The molecule has 2 aliphatic heterocycles. The molecule has 0 saturated heterocycles. The highest BCUT2D eigenvalue weighted by Gasteiger charge is 2.39. The fraction of sp³-hybridized carbons (Fsp3) is 0.286. The van der Waals surface area contributed by atoms with Crippen LogP contribution < -0.4 is 15.5 Å². The van der Waals surface area contributed by atoms with Gasteiger partial charge in [-0.2, -0.15) is 13.2 Å². The smallest absolute Gasteiger partial charge is 0.331 e. The molecule has 1 aromatic rings. The maximum absolute atomic E-state index is 12.8. The number of hydrogen-bond donors (Lipinski definition) is 2. The quantitative estimate of drug-likeness (QED) is 0.833. The summed E-state index contributed by atoms with van der Waals surface area (Å²) in [6, 6.07) is 3.66. The number of anilines is 1. The number of hydrogen-bond acceptors (Lipinski definition) is 2. The first-order valence-corrected chi connectivity index (χ1v) is 6.57. The van der Waals surface area contributed by atoms with Gasteiger partial charge < -0.3 is 15.5 Å². The molecule has 1 aromatic carbocycles. The molecular weight excluding hydrogens is 299 g/mol. The predicted octanol–water partition coefficient (Wildman–Crippen LogP) is 2.01. The minimum atomic E-state index is -4.48. The summed E-state index contributed by atoms with van der Waals surface area (Å²) >= 11 is 0. The minimum Gasteiger partial charge on any atom is -0.331 e. The van der Waals surface area contributed by atoms with E-state index < -0.39 is 29.7 Å². The molecule has 2 heterocycles. The Bertz CT molecular complexity index is 697. The number of benzene rings is 1. The van der Waals surface area contributed by atoms with Gasteiger partial charge in [-0.1, -0.05) is 6.07 Å². The van der Waals surface area contributed by atoms with E-state index in [4.69, 9.17) is 0 Å². The highest BCUT2D eigenvalue weighted by atomic mass is 19.4. The summed E-state index contributed by atoms with van der Waals surface area (Å²) in [5.74, 6) is -0.408. The van der Waals surface area contributed by atoms with Crippen molar-refractivity contribution in [1.29, 1.82) is 0 Å². The van der Waals surface area contributed by atoms with E-state index in [1.54, 1.807) is 6.92 Å². The van der Waals surface area contributed by atoms with Crippen LogP contribution in [0.4, 0.5) is 23.7 Å². The van der Waals surface area contributed by atoms with E-state index >= 15 is 0 Å². The largest absolute Gasteiger partial charge is 0.416 e. The molecule has 2 aliphatic rings. The maximum Gasteiger partial charge on any atom is 0.416 e. The Kier molecular flexibility index (Phi) is 3.12. The first kappa shape index (κ1) is 14.4. The SMILES string of the molecule is CC1NC(=O)NC2=C1C(=O)N(c1cccc(C(F)(F)F)c1)C2. The van der Waals surface area contributed by atoms with E-state index in [0.29, 0.717) is 11.3 Å². The van der Waals surface area contributed by atoms with Crippen LogP contribution >= 0.6 is 0 Å². The average Bonchev–Trinajstić information content (AvgIpc) is 2.75. The fourth-order valence-electron chi connectivity index (χ4n) is 2.64. The van der Waals surface area contributed by atoms with Crippen molar-refractivity contribution in [2.45, 2.75) is 19.1 Å². The lowest BCUT2D eigenvalue weighted by molar-refractivity contribution is -0.137. The van der Waals surface area contributed by atoms with Crippen molar-refractivity contribution in [3.05, 3.63) is 41.1 Å². The number of nitrogens with one attached hydrogen (secondary N) is 2. The van der Waals surface area contributed by atoms with Crippen LogP contribution in [0.2, 0.25) is 0 Å². The molecule has 1 atom stereocenters. The molecule has 0 radical (unpaired) electrons. The zero-order valence-electron chi connectivity index (χ0n) is 11.5. The van der Waals surface area contributed by atoms with Gasteiger partial charge in [0.25, 0.3) is 5.91 Å². The third-order valence-corrected chi connectivity index (χ3v) is 3.65. The lowest BCUT2D eigenvalue weighted by Crippen LogP contribution is -2.47. The van der Waals surface area contributed by atoms with E-state index in [2.05, 4.69) is 10.6 Å². The number of nitrogens with zero attached hydrogens (tertiary/aromatic N) is 1. The Hall–Kier alpha value is -2.51. The molecule has 5 nitrogen and oxygen atoms in total. The molecule has 0 aromatic heterocycles. The molecular formula is C14H12F3N3O2. The normalized spacial score (nSPS) is 21.6. The van der Waals surface area contributed by atoms with Crippen LogP contribution in [0.3, 0.4) is 0 Å². The van der Waals surface area contributed by atoms with Crippen LogP contribution in [0, 0.1) is 0 Å². The molecule has 3 rings (SSSR count). The summed E-state index contributed by atoms with van der Waals surface area (Å²) < 4.78 is 38.3. The number of amides is 3. The average molecular weight is 311 g/mol. The van der Waals surface area contributed by atoms with Gasteiger partial charge >= 0.3 is 12.2 Å². The number of carbonyl (C=O) groups is 2. The van der Waals surface area contributed by atoms with Crippen LogP contribution in [0.5, 0.6) is 0 Å². The fourth-order valence-corrected chi connectivity index (χ4v) is 2.64. The van der Waals surface area contributed by atoms with Gasteiger partial charge in [0.15, 0.2) is 0 Å². The second kappa shape index (κ2) is 4.75. The first-order valence-electron chi connectivity index (χ1n) is 6.57. The topological polar surface area (TPSA) is 61.4 Å². The van der Waals surface area contributed by atoms with Gasteiger partial charge in [-0.05, 0) is 25.1 Å². The summed E-state index contributed by atoms with van der Waals surface area (Å²) in [6.45, 7) is 1.70. The molecule has 0 saturated carbocycles.